The number of benzene rings is 2. The van der Waals surface area contributed by atoms with Crippen LogP contribution in [-0.4, -0.2) is 40.0 Å². The highest BCUT2D eigenvalue weighted by Crippen LogP contribution is 2.28. The Morgan fingerprint density at radius 2 is 1.79 bits per heavy atom. The second kappa shape index (κ2) is 8.70. The third kappa shape index (κ3) is 4.20. The lowest BCUT2D eigenvalue weighted by atomic mass is 10.2. The van der Waals surface area contributed by atoms with Gasteiger partial charge < -0.3 is 15.4 Å². The molecule has 0 unspecified atom stereocenters. The Hall–Kier alpha value is -3.45. The molecule has 0 fully saturated rings. The van der Waals surface area contributed by atoms with Gasteiger partial charge in [-0.15, -0.1) is 0 Å². The van der Waals surface area contributed by atoms with Crippen molar-refractivity contribution in [2.45, 2.75) is 13.3 Å². The first-order valence-electron chi connectivity index (χ1n) is 9.63. The van der Waals surface area contributed by atoms with Gasteiger partial charge in [-0.05, 0) is 37.1 Å². The SMILES string of the molecule is COCCCNc1nc(Nc2ccccc2C)c2cnn(-c3ccccc3)c2n1. The zero-order valence-electron chi connectivity index (χ0n) is 16.6. The van der Waals surface area contributed by atoms with Crippen LogP contribution in [0.25, 0.3) is 16.7 Å². The number of fused-ring (bicyclic) bond motifs is 1. The van der Waals surface area contributed by atoms with Crippen LogP contribution in [0.3, 0.4) is 0 Å². The number of methoxy groups -OCH3 is 1. The first kappa shape index (κ1) is 18.9. The van der Waals surface area contributed by atoms with E-state index in [1.165, 1.54) is 0 Å². The molecule has 7 nitrogen and oxygen atoms in total. The molecule has 0 aliphatic rings. The molecule has 2 aromatic heterocycles. The van der Waals surface area contributed by atoms with E-state index in [-0.39, 0.29) is 0 Å². The molecule has 148 valence electrons. The summed E-state index contributed by atoms with van der Waals surface area (Å²) in [6, 6.07) is 18.1. The number of aryl methyl sites for hydroxylation is 1. The Morgan fingerprint density at radius 1 is 1.00 bits per heavy atom. The third-order valence-electron chi connectivity index (χ3n) is 4.64. The summed E-state index contributed by atoms with van der Waals surface area (Å²) in [5.74, 6) is 1.28. The molecular weight excluding hydrogens is 364 g/mol. The predicted octanol–water partition coefficient (Wildman–Crippen LogP) is 4.32. The number of hydrogen-bond donors (Lipinski definition) is 2. The van der Waals surface area contributed by atoms with Crippen LogP contribution in [0.15, 0.2) is 60.8 Å². The molecule has 29 heavy (non-hydrogen) atoms. The predicted molar refractivity (Wildman–Crippen MR) is 116 cm³/mol. The molecule has 0 saturated heterocycles. The fourth-order valence-electron chi connectivity index (χ4n) is 3.10. The number of anilines is 3. The molecule has 4 rings (SSSR count). The van der Waals surface area contributed by atoms with Gasteiger partial charge in [-0.3, -0.25) is 0 Å². The molecule has 0 spiro atoms. The standard InChI is InChI=1S/C22H24N6O/c1-16-9-6-7-12-19(16)25-20-18-15-24-28(17-10-4-3-5-11-17)21(18)27-22(26-20)23-13-8-14-29-2/h3-7,9-12,15H,8,13-14H2,1-2H3,(H2,23,25,26,27). The van der Waals surface area contributed by atoms with Gasteiger partial charge in [0.25, 0.3) is 0 Å². The Morgan fingerprint density at radius 3 is 2.59 bits per heavy atom. The Kier molecular flexibility index (Phi) is 5.67. The van der Waals surface area contributed by atoms with E-state index in [0.717, 1.165) is 46.8 Å². The van der Waals surface area contributed by atoms with Gasteiger partial charge in [0.15, 0.2) is 5.65 Å². The van der Waals surface area contributed by atoms with Crippen molar-refractivity contribution in [1.82, 2.24) is 19.7 Å². The Balaban J connectivity index is 1.76. The molecule has 0 aliphatic carbocycles. The molecule has 0 aliphatic heterocycles. The van der Waals surface area contributed by atoms with E-state index in [1.807, 2.05) is 53.2 Å². The van der Waals surface area contributed by atoms with Crippen molar-refractivity contribution in [3.63, 3.8) is 0 Å². The molecule has 0 atom stereocenters. The molecule has 2 N–H and O–H groups in total. The zero-order chi connectivity index (χ0) is 20.1. The lowest BCUT2D eigenvalue weighted by Crippen LogP contribution is -2.10. The van der Waals surface area contributed by atoms with Gasteiger partial charge in [0.1, 0.15) is 5.82 Å². The third-order valence-corrected chi connectivity index (χ3v) is 4.64. The number of ether oxygens (including phenoxy) is 1. The van der Waals surface area contributed by atoms with Gasteiger partial charge in [-0.25, -0.2) is 4.68 Å². The van der Waals surface area contributed by atoms with Crippen LogP contribution in [0.2, 0.25) is 0 Å². The van der Waals surface area contributed by atoms with Crippen molar-refractivity contribution >= 4 is 28.5 Å². The van der Waals surface area contributed by atoms with Crippen LogP contribution in [0.4, 0.5) is 17.5 Å². The number of nitrogens with one attached hydrogen (secondary N) is 2. The average Bonchev–Trinajstić information content (AvgIpc) is 3.18. The maximum absolute atomic E-state index is 5.12. The first-order valence-corrected chi connectivity index (χ1v) is 9.63. The van der Waals surface area contributed by atoms with Crippen molar-refractivity contribution < 1.29 is 4.74 Å². The van der Waals surface area contributed by atoms with Crippen LogP contribution < -0.4 is 10.6 Å². The molecule has 2 aromatic carbocycles. The quantitative estimate of drug-likeness (QED) is 0.438. The fourth-order valence-corrected chi connectivity index (χ4v) is 3.10. The zero-order valence-corrected chi connectivity index (χ0v) is 16.6. The maximum atomic E-state index is 5.12. The van der Waals surface area contributed by atoms with E-state index in [1.54, 1.807) is 13.3 Å². The highest BCUT2D eigenvalue weighted by Gasteiger charge is 2.15. The van der Waals surface area contributed by atoms with Gasteiger partial charge in [0, 0.05) is 25.9 Å². The van der Waals surface area contributed by atoms with Crippen molar-refractivity contribution in [2.75, 3.05) is 30.9 Å². The number of rotatable bonds is 8. The highest BCUT2D eigenvalue weighted by molar-refractivity contribution is 5.90. The van der Waals surface area contributed by atoms with Crippen LogP contribution in [0.1, 0.15) is 12.0 Å². The normalized spacial score (nSPS) is 11.0. The molecule has 2 heterocycles. The summed E-state index contributed by atoms with van der Waals surface area (Å²) in [4.78, 5) is 9.45. The van der Waals surface area contributed by atoms with E-state index in [9.17, 15) is 0 Å². The van der Waals surface area contributed by atoms with Gasteiger partial charge in [0.2, 0.25) is 5.95 Å². The summed E-state index contributed by atoms with van der Waals surface area (Å²) in [5, 5.41) is 12.2. The summed E-state index contributed by atoms with van der Waals surface area (Å²) in [6.45, 7) is 3.48. The Bertz CT molecular complexity index is 1090. The monoisotopic (exact) mass is 388 g/mol. The number of aromatic nitrogens is 4. The van der Waals surface area contributed by atoms with E-state index in [2.05, 4.69) is 28.7 Å². The van der Waals surface area contributed by atoms with Crippen LogP contribution in [0.5, 0.6) is 0 Å². The first-order chi connectivity index (χ1) is 14.3. The molecule has 0 radical (unpaired) electrons. The minimum Gasteiger partial charge on any atom is -0.385 e. The molecule has 0 saturated carbocycles. The molecule has 7 heteroatoms. The number of para-hydroxylation sites is 2. The van der Waals surface area contributed by atoms with E-state index in [0.29, 0.717) is 12.6 Å². The second-order valence-corrected chi connectivity index (χ2v) is 6.74. The lowest BCUT2D eigenvalue weighted by Gasteiger charge is -2.12. The van der Waals surface area contributed by atoms with Crippen molar-refractivity contribution in [1.29, 1.82) is 0 Å². The molecule has 0 amide bonds. The maximum Gasteiger partial charge on any atom is 0.226 e. The van der Waals surface area contributed by atoms with Crippen molar-refractivity contribution in [3.05, 3.63) is 66.4 Å². The second-order valence-electron chi connectivity index (χ2n) is 6.74. The largest absolute Gasteiger partial charge is 0.385 e. The summed E-state index contributed by atoms with van der Waals surface area (Å²) in [5.41, 5.74) is 3.85. The Labute approximate surface area is 169 Å². The fraction of sp³-hybridized carbons (Fsp3) is 0.227. The molecule has 4 aromatic rings. The molecule has 0 bridgehead atoms. The van der Waals surface area contributed by atoms with Crippen LogP contribution in [-0.2, 0) is 4.74 Å². The minimum absolute atomic E-state index is 0.558. The number of hydrogen-bond acceptors (Lipinski definition) is 6. The van der Waals surface area contributed by atoms with Crippen LogP contribution in [0, 0.1) is 6.92 Å². The van der Waals surface area contributed by atoms with Gasteiger partial charge in [-0.2, -0.15) is 15.1 Å². The summed E-state index contributed by atoms with van der Waals surface area (Å²) < 4.78 is 6.96. The lowest BCUT2D eigenvalue weighted by molar-refractivity contribution is 0.197. The van der Waals surface area contributed by atoms with E-state index < -0.39 is 0 Å². The van der Waals surface area contributed by atoms with Crippen molar-refractivity contribution in [2.24, 2.45) is 0 Å². The van der Waals surface area contributed by atoms with E-state index in [4.69, 9.17) is 14.7 Å². The summed E-state index contributed by atoms with van der Waals surface area (Å²) in [6.07, 6.45) is 2.67. The summed E-state index contributed by atoms with van der Waals surface area (Å²) >= 11 is 0. The van der Waals surface area contributed by atoms with Gasteiger partial charge >= 0.3 is 0 Å². The summed E-state index contributed by atoms with van der Waals surface area (Å²) in [7, 11) is 1.70. The minimum atomic E-state index is 0.558. The van der Waals surface area contributed by atoms with Crippen LogP contribution >= 0.6 is 0 Å². The number of nitrogens with zero attached hydrogens (tertiary/aromatic N) is 4. The average molecular weight is 388 g/mol. The van der Waals surface area contributed by atoms with Gasteiger partial charge in [-0.1, -0.05) is 36.4 Å². The van der Waals surface area contributed by atoms with Gasteiger partial charge in [0.05, 0.1) is 17.3 Å². The molecular formula is C22H24N6O. The van der Waals surface area contributed by atoms with Crippen molar-refractivity contribution in [3.8, 4) is 5.69 Å². The van der Waals surface area contributed by atoms with E-state index >= 15 is 0 Å². The topological polar surface area (TPSA) is 76.9 Å². The highest BCUT2D eigenvalue weighted by atomic mass is 16.5. The smallest absolute Gasteiger partial charge is 0.226 e.